The number of carbonyl (C=O) groups excluding carboxylic acids is 1. The van der Waals surface area contributed by atoms with Crippen LogP contribution in [-0.2, 0) is 6.54 Å². The first-order chi connectivity index (χ1) is 9.15. The summed E-state index contributed by atoms with van der Waals surface area (Å²) in [6, 6.07) is 11.1. The van der Waals surface area contributed by atoms with Gasteiger partial charge in [0.15, 0.2) is 5.78 Å². The minimum atomic E-state index is 0.0330. The molecule has 0 radical (unpaired) electrons. The number of ketones is 1. The minimum absolute atomic E-state index is 0.0330. The highest BCUT2D eigenvalue weighted by atomic mass is 16.5. The Morgan fingerprint density at radius 2 is 2.21 bits per heavy atom. The lowest BCUT2D eigenvalue weighted by atomic mass is 10.1. The van der Waals surface area contributed by atoms with Gasteiger partial charge in [0.2, 0.25) is 0 Å². The van der Waals surface area contributed by atoms with Crippen molar-refractivity contribution in [1.29, 1.82) is 5.26 Å². The maximum atomic E-state index is 11.5. The Bertz CT molecular complexity index is 650. The number of hydrogen-bond acceptors (Lipinski definition) is 3. The summed E-state index contributed by atoms with van der Waals surface area (Å²) in [5.74, 6) is 0.585. The van der Waals surface area contributed by atoms with Crippen LogP contribution in [0.25, 0.3) is 0 Å². The SMILES string of the molecule is COc1cc(Cn2cccc2C(C)=O)ccc1C#N. The molecule has 0 saturated carbocycles. The number of ether oxygens (including phenoxy) is 1. The maximum absolute atomic E-state index is 11.5. The molecular formula is C15H14N2O2. The Morgan fingerprint density at radius 1 is 1.42 bits per heavy atom. The summed E-state index contributed by atoms with van der Waals surface area (Å²) in [7, 11) is 1.54. The third kappa shape index (κ3) is 2.66. The summed E-state index contributed by atoms with van der Waals surface area (Å²) in [6.45, 7) is 2.12. The van der Waals surface area contributed by atoms with Crippen molar-refractivity contribution in [2.24, 2.45) is 0 Å². The molecule has 4 heteroatoms. The zero-order valence-electron chi connectivity index (χ0n) is 10.9. The molecule has 0 unspecified atom stereocenters. The van der Waals surface area contributed by atoms with E-state index in [1.807, 2.05) is 29.0 Å². The number of benzene rings is 1. The zero-order valence-corrected chi connectivity index (χ0v) is 10.9. The third-order valence-corrected chi connectivity index (χ3v) is 2.93. The summed E-state index contributed by atoms with van der Waals surface area (Å²) < 4.78 is 7.05. The second-order valence-electron chi connectivity index (χ2n) is 4.22. The van der Waals surface area contributed by atoms with Crippen molar-refractivity contribution < 1.29 is 9.53 Å². The molecule has 0 saturated heterocycles. The zero-order chi connectivity index (χ0) is 13.8. The molecule has 96 valence electrons. The molecule has 0 aliphatic carbocycles. The average molecular weight is 254 g/mol. The Kier molecular flexibility index (Phi) is 3.67. The summed E-state index contributed by atoms with van der Waals surface area (Å²) in [4.78, 5) is 11.5. The second kappa shape index (κ2) is 5.40. The van der Waals surface area contributed by atoms with Crippen LogP contribution in [0.5, 0.6) is 5.75 Å². The van der Waals surface area contributed by atoms with Crippen LogP contribution in [0.3, 0.4) is 0 Å². The van der Waals surface area contributed by atoms with E-state index in [1.165, 1.54) is 7.11 Å². The first kappa shape index (κ1) is 12.9. The van der Waals surface area contributed by atoms with Gasteiger partial charge in [-0.25, -0.2) is 0 Å². The fourth-order valence-corrected chi connectivity index (χ4v) is 1.99. The normalized spacial score (nSPS) is 9.95. The van der Waals surface area contributed by atoms with E-state index in [1.54, 1.807) is 19.1 Å². The maximum Gasteiger partial charge on any atom is 0.176 e. The highest BCUT2D eigenvalue weighted by Gasteiger charge is 2.08. The number of carbonyl (C=O) groups is 1. The van der Waals surface area contributed by atoms with Crippen molar-refractivity contribution in [2.45, 2.75) is 13.5 Å². The molecular weight excluding hydrogens is 240 g/mol. The average Bonchev–Trinajstić information content (AvgIpc) is 2.87. The van der Waals surface area contributed by atoms with E-state index >= 15 is 0 Å². The van der Waals surface area contributed by atoms with Gasteiger partial charge in [-0.05, 0) is 29.8 Å². The summed E-state index contributed by atoms with van der Waals surface area (Å²) >= 11 is 0. The molecule has 0 atom stereocenters. The Hall–Kier alpha value is -2.54. The van der Waals surface area contributed by atoms with Gasteiger partial charge in [-0.15, -0.1) is 0 Å². The molecule has 0 N–H and O–H groups in total. The molecule has 1 heterocycles. The van der Waals surface area contributed by atoms with Crippen molar-refractivity contribution in [3.05, 3.63) is 53.3 Å². The lowest BCUT2D eigenvalue weighted by molar-refractivity contribution is 0.100. The quantitative estimate of drug-likeness (QED) is 0.788. The van der Waals surface area contributed by atoms with Crippen molar-refractivity contribution in [2.75, 3.05) is 7.11 Å². The number of nitrogens with zero attached hydrogens (tertiary/aromatic N) is 2. The van der Waals surface area contributed by atoms with Crippen molar-refractivity contribution in [1.82, 2.24) is 4.57 Å². The smallest absolute Gasteiger partial charge is 0.176 e. The van der Waals surface area contributed by atoms with Gasteiger partial charge in [0.1, 0.15) is 11.8 Å². The predicted molar refractivity (Wildman–Crippen MR) is 71.2 cm³/mol. The van der Waals surface area contributed by atoms with Gasteiger partial charge < -0.3 is 9.30 Å². The topological polar surface area (TPSA) is 55.0 Å². The highest BCUT2D eigenvalue weighted by molar-refractivity contribution is 5.92. The van der Waals surface area contributed by atoms with Gasteiger partial charge in [-0.1, -0.05) is 6.07 Å². The molecule has 0 amide bonds. The van der Waals surface area contributed by atoms with Gasteiger partial charge in [0.25, 0.3) is 0 Å². The minimum Gasteiger partial charge on any atom is -0.495 e. The van der Waals surface area contributed by atoms with Gasteiger partial charge in [-0.3, -0.25) is 4.79 Å². The van der Waals surface area contributed by atoms with Crippen LogP contribution < -0.4 is 4.74 Å². The first-order valence-electron chi connectivity index (χ1n) is 5.89. The van der Waals surface area contributed by atoms with E-state index in [-0.39, 0.29) is 5.78 Å². The van der Waals surface area contributed by atoms with Crippen LogP contribution >= 0.6 is 0 Å². The monoisotopic (exact) mass is 254 g/mol. The molecule has 1 aromatic carbocycles. The number of aromatic nitrogens is 1. The molecule has 0 aliphatic rings. The first-order valence-corrected chi connectivity index (χ1v) is 5.89. The number of nitriles is 1. The molecule has 0 spiro atoms. The van der Waals surface area contributed by atoms with Gasteiger partial charge >= 0.3 is 0 Å². The highest BCUT2D eigenvalue weighted by Crippen LogP contribution is 2.20. The van der Waals surface area contributed by atoms with Crippen LogP contribution in [0.1, 0.15) is 28.5 Å². The van der Waals surface area contributed by atoms with Crippen LogP contribution in [0.2, 0.25) is 0 Å². The lowest BCUT2D eigenvalue weighted by Crippen LogP contribution is -2.07. The van der Waals surface area contributed by atoms with Crippen LogP contribution in [0.4, 0.5) is 0 Å². The molecule has 2 rings (SSSR count). The van der Waals surface area contributed by atoms with E-state index in [0.717, 1.165) is 5.56 Å². The Labute approximate surface area is 111 Å². The van der Waals surface area contributed by atoms with E-state index < -0.39 is 0 Å². The molecule has 0 bridgehead atoms. The molecule has 4 nitrogen and oxygen atoms in total. The van der Waals surface area contributed by atoms with Crippen molar-refractivity contribution in [3.8, 4) is 11.8 Å². The van der Waals surface area contributed by atoms with E-state index in [0.29, 0.717) is 23.6 Å². The summed E-state index contributed by atoms with van der Waals surface area (Å²) in [6.07, 6.45) is 1.86. The number of rotatable bonds is 4. The van der Waals surface area contributed by atoms with E-state index in [9.17, 15) is 4.79 Å². The summed E-state index contributed by atoms with van der Waals surface area (Å²) in [5.41, 5.74) is 2.16. The standard InChI is InChI=1S/C15H14N2O2/c1-11(18)14-4-3-7-17(14)10-12-5-6-13(9-16)15(8-12)19-2/h3-8H,10H2,1-2H3. The molecule has 19 heavy (non-hydrogen) atoms. The molecule has 1 aromatic heterocycles. The lowest BCUT2D eigenvalue weighted by Gasteiger charge is -2.09. The van der Waals surface area contributed by atoms with E-state index in [2.05, 4.69) is 6.07 Å². The Balaban J connectivity index is 2.31. The largest absolute Gasteiger partial charge is 0.495 e. The number of methoxy groups -OCH3 is 1. The molecule has 0 aliphatic heterocycles. The summed E-state index contributed by atoms with van der Waals surface area (Å²) in [5, 5.41) is 8.93. The van der Waals surface area contributed by atoms with Gasteiger partial charge in [-0.2, -0.15) is 5.26 Å². The van der Waals surface area contributed by atoms with Crippen molar-refractivity contribution in [3.63, 3.8) is 0 Å². The van der Waals surface area contributed by atoms with Crippen LogP contribution in [-0.4, -0.2) is 17.5 Å². The van der Waals surface area contributed by atoms with Crippen LogP contribution in [0.15, 0.2) is 36.5 Å². The van der Waals surface area contributed by atoms with Crippen molar-refractivity contribution >= 4 is 5.78 Å². The van der Waals surface area contributed by atoms with Crippen LogP contribution in [0, 0.1) is 11.3 Å². The fourth-order valence-electron chi connectivity index (χ4n) is 1.99. The number of hydrogen-bond donors (Lipinski definition) is 0. The van der Waals surface area contributed by atoms with Gasteiger partial charge in [0, 0.05) is 19.7 Å². The molecule has 0 fully saturated rings. The molecule has 2 aromatic rings. The second-order valence-corrected chi connectivity index (χ2v) is 4.22. The van der Waals surface area contributed by atoms with Gasteiger partial charge in [0.05, 0.1) is 18.4 Å². The predicted octanol–water partition coefficient (Wildman–Crippen LogP) is 2.62. The third-order valence-electron chi connectivity index (χ3n) is 2.93. The van der Waals surface area contributed by atoms with E-state index in [4.69, 9.17) is 10.00 Å². The Morgan fingerprint density at radius 3 is 2.84 bits per heavy atom. The number of Topliss-reactive ketones (excluding diaryl/α,β-unsaturated/α-hetero) is 1. The fraction of sp³-hybridized carbons (Fsp3) is 0.200.